The van der Waals surface area contributed by atoms with Crippen LogP contribution in [0.4, 0.5) is 5.69 Å². The Kier molecular flexibility index (Phi) is 8.07. The molecule has 0 saturated carbocycles. The van der Waals surface area contributed by atoms with Gasteiger partial charge >= 0.3 is 5.97 Å². The Balaban J connectivity index is 1.54. The number of nitrogens with zero attached hydrogens (tertiary/aromatic N) is 1. The first kappa shape index (κ1) is 26.4. The van der Waals surface area contributed by atoms with Crippen LogP contribution < -0.4 is 24.4 Å². The van der Waals surface area contributed by atoms with Gasteiger partial charge in [0.25, 0.3) is 11.8 Å². The standard InChI is InChI=1S/C27H24N2O8S/c1-4-35-18-8-6-17(7-9-18)29-25(31)20(24(30)28-27(29)38)13-16-5-11-21(23(14-16)33-2)36-15-19-10-12-22(37-19)26(32)34-3/h5-14H,4,15H2,1-3H3,(H,28,30,38). The van der Waals surface area contributed by atoms with Crippen LogP contribution in [0.25, 0.3) is 6.08 Å². The number of thiocarbonyl (C=S) groups is 1. The lowest BCUT2D eigenvalue weighted by Crippen LogP contribution is -2.54. The third kappa shape index (κ3) is 5.68. The number of furan rings is 1. The van der Waals surface area contributed by atoms with Crippen LogP contribution in [0.15, 0.2) is 64.6 Å². The number of benzene rings is 2. The van der Waals surface area contributed by atoms with Crippen molar-refractivity contribution in [2.45, 2.75) is 13.5 Å². The first-order chi connectivity index (χ1) is 18.3. The van der Waals surface area contributed by atoms with Gasteiger partial charge in [-0.05, 0) is 79.3 Å². The van der Waals surface area contributed by atoms with E-state index in [4.69, 9.17) is 30.8 Å². The van der Waals surface area contributed by atoms with Crippen molar-refractivity contribution in [3.63, 3.8) is 0 Å². The van der Waals surface area contributed by atoms with Gasteiger partial charge in [0.05, 0.1) is 26.5 Å². The summed E-state index contributed by atoms with van der Waals surface area (Å²) in [7, 11) is 2.73. The third-order valence-corrected chi connectivity index (χ3v) is 5.71. The zero-order chi connectivity index (χ0) is 27.2. The van der Waals surface area contributed by atoms with Crippen LogP contribution in [0, 0.1) is 0 Å². The molecule has 11 heteroatoms. The molecule has 10 nitrogen and oxygen atoms in total. The molecule has 2 amide bonds. The van der Waals surface area contributed by atoms with Gasteiger partial charge < -0.3 is 23.4 Å². The van der Waals surface area contributed by atoms with E-state index >= 15 is 0 Å². The normalized spacial score (nSPS) is 14.3. The zero-order valence-electron chi connectivity index (χ0n) is 20.8. The number of anilines is 1. The second kappa shape index (κ2) is 11.6. The number of amides is 2. The number of carbonyl (C=O) groups excluding carboxylic acids is 3. The predicted molar refractivity (Wildman–Crippen MR) is 141 cm³/mol. The van der Waals surface area contributed by atoms with Gasteiger partial charge in [-0.1, -0.05) is 6.07 Å². The summed E-state index contributed by atoms with van der Waals surface area (Å²) in [5.41, 5.74) is 0.913. The minimum absolute atomic E-state index is 0.0177. The molecule has 0 spiro atoms. The molecule has 2 aromatic carbocycles. The number of hydrogen-bond donors (Lipinski definition) is 1. The smallest absolute Gasteiger partial charge is 0.373 e. The Morgan fingerprint density at radius 1 is 1.03 bits per heavy atom. The molecule has 1 saturated heterocycles. The van der Waals surface area contributed by atoms with Crippen molar-refractivity contribution in [1.29, 1.82) is 0 Å². The highest BCUT2D eigenvalue weighted by molar-refractivity contribution is 7.80. The highest BCUT2D eigenvalue weighted by Crippen LogP contribution is 2.31. The first-order valence-electron chi connectivity index (χ1n) is 11.5. The lowest BCUT2D eigenvalue weighted by Gasteiger charge is -2.29. The SMILES string of the molecule is CCOc1ccc(N2C(=O)C(=Cc3ccc(OCc4ccc(C(=O)OC)o4)c(OC)c3)C(=O)NC2=S)cc1. The van der Waals surface area contributed by atoms with E-state index in [0.29, 0.717) is 40.9 Å². The summed E-state index contributed by atoms with van der Waals surface area (Å²) in [6.45, 7) is 2.41. The Hall–Kier alpha value is -4.64. The van der Waals surface area contributed by atoms with Gasteiger partial charge in [-0.25, -0.2) is 4.79 Å². The molecule has 1 aliphatic heterocycles. The van der Waals surface area contributed by atoms with Crippen LogP contribution in [0.2, 0.25) is 0 Å². The van der Waals surface area contributed by atoms with E-state index < -0.39 is 17.8 Å². The van der Waals surface area contributed by atoms with Crippen molar-refractivity contribution in [2.75, 3.05) is 25.7 Å². The van der Waals surface area contributed by atoms with Gasteiger partial charge in [0.2, 0.25) is 5.76 Å². The van der Waals surface area contributed by atoms with Crippen molar-refractivity contribution < 1.29 is 37.7 Å². The van der Waals surface area contributed by atoms with Crippen molar-refractivity contribution in [2.24, 2.45) is 0 Å². The fourth-order valence-electron chi connectivity index (χ4n) is 3.62. The molecule has 1 fully saturated rings. The number of ether oxygens (including phenoxy) is 4. The lowest BCUT2D eigenvalue weighted by atomic mass is 10.1. The van der Waals surface area contributed by atoms with Crippen molar-refractivity contribution in [3.8, 4) is 17.2 Å². The molecule has 1 aliphatic rings. The maximum Gasteiger partial charge on any atom is 0.373 e. The molecule has 0 unspecified atom stereocenters. The molecule has 1 N–H and O–H groups in total. The monoisotopic (exact) mass is 536 g/mol. The Morgan fingerprint density at radius 2 is 1.79 bits per heavy atom. The van der Waals surface area contributed by atoms with E-state index in [0.717, 1.165) is 0 Å². The summed E-state index contributed by atoms with van der Waals surface area (Å²) in [4.78, 5) is 38.8. The lowest BCUT2D eigenvalue weighted by molar-refractivity contribution is -0.122. The van der Waals surface area contributed by atoms with E-state index in [1.165, 1.54) is 31.3 Å². The van der Waals surface area contributed by atoms with Gasteiger partial charge in [0, 0.05) is 0 Å². The topological polar surface area (TPSA) is 117 Å². The second-order valence-electron chi connectivity index (χ2n) is 7.84. The van der Waals surface area contributed by atoms with Crippen LogP contribution in [-0.2, 0) is 20.9 Å². The van der Waals surface area contributed by atoms with Gasteiger partial charge in [0.15, 0.2) is 16.6 Å². The third-order valence-electron chi connectivity index (χ3n) is 5.42. The number of nitrogens with one attached hydrogen (secondary N) is 1. The zero-order valence-corrected chi connectivity index (χ0v) is 21.6. The number of carbonyl (C=O) groups is 3. The van der Waals surface area contributed by atoms with Crippen LogP contribution >= 0.6 is 12.2 Å². The molecule has 1 aromatic heterocycles. The molecule has 38 heavy (non-hydrogen) atoms. The summed E-state index contributed by atoms with van der Waals surface area (Å²) in [5.74, 6) is 0.111. The number of hydrogen-bond acceptors (Lipinski definition) is 9. The van der Waals surface area contributed by atoms with Crippen molar-refractivity contribution in [3.05, 3.63) is 77.3 Å². The maximum atomic E-state index is 13.3. The Bertz CT molecular complexity index is 1410. The average Bonchev–Trinajstić information content (AvgIpc) is 3.40. The molecule has 0 bridgehead atoms. The molecule has 4 rings (SSSR count). The predicted octanol–water partition coefficient (Wildman–Crippen LogP) is 3.88. The molecule has 0 atom stereocenters. The summed E-state index contributed by atoms with van der Waals surface area (Å²) < 4.78 is 26.7. The molecular formula is C27H24N2O8S. The summed E-state index contributed by atoms with van der Waals surface area (Å²) in [5, 5.41) is 2.54. The van der Waals surface area contributed by atoms with Crippen LogP contribution in [0.3, 0.4) is 0 Å². The summed E-state index contributed by atoms with van der Waals surface area (Å²) in [6, 6.07) is 14.8. The van der Waals surface area contributed by atoms with Gasteiger partial charge in [-0.15, -0.1) is 0 Å². The minimum atomic E-state index is -0.610. The van der Waals surface area contributed by atoms with E-state index in [2.05, 4.69) is 10.1 Å². The Labute approximate surface area is 223 Å². The quantitative estimate of drug-likeness (QED) is 0.188. The maximum absolute atomic E-state index is 13.3. The van der Waals surface area contributed by atoms with Crippen LogP contribution in [0.1, 0.15) is 28.8 Å². The molecule has 2 heterocycles. The van der Waals surface area contributed by atoms with E-state index in [9.17, 15) is 14.4 Å². The van der Waals surface area contributed by atoms with Gasteiger partial charge in [-0.3, -0.25) is 19.8 Å². The highest BCUT2D eigenvalue weighted by Gasteiger charge is 2.34. The molecule has 0 radical (unpaired) electrons. The van der Waals surface area contributed by atoms with Crippen LogP contribution in [-0.4, -0.2) is 43.7 Å². The van der Waals surface area contributed by atoms with Gasteiger partial charge in [0.1, 0.15) is 23.7 Å². The summed E-state index contributed by atoms with van der Waals surface area (Å²) in [6.07, 6.45) is 1.45. The number of rotatable bonds is 9. The van der Waals surface area contributed by atoms with E-state index in [1.807, 2.05) is 6.92 Å². The molecular weight excluding hydrogens is 512 g/mol. The highest BCUT2D eigenvalue weighted by atomic mass is 32.1. The second-order valence-corrected chi connectivity index (χ2v) is 8.23. The summed E-state index contributed by atoms with van der Waals surface area (Å²) >= 11 is 5.26. The van der Waals surface area contributed by atoms with E-state index in [-0.39, 0.29) is 23.1 Å². The van der Waals surface area contributed by atoms with Crippen molar-refractivity contribution in [1.82, 2.24) is 5.32 Å². The van der Waals surface area contributed by atoms with Gasteiger partial charge in [-0.2, -0.15) is 0 Å². The fourth-order valence-corrected chi connectivity index (χ4v) is 3.91. The van der Waals surface area contributed by atoms with E-state index in [1.54, 1.807) is 48.5 Å². The Morgan fingerprint density at radius 3 is 2.47 bits per heavy atom. The van der Waals surface area contributed by atoms with Crippen LogP contribution in [0.5, 0.6) is 17.2 Å². The fraction of sp³-hybridized carbons (Fsp3) is 0.185. The molecule has 3 aromatic rings. The molecule has 196 valence electrons. The van der Waals surface area contributed by atoms with Crippen molar-refractivity contribution >= 4 is 46.9 Å². The number of esters is 1. The minimum Gasteiger partial charge on any atom is -0.494 e. The first-order valence-corrected chi connectivity index (χ1v) is 11.9. The molecule has 0 aliphatic carbocycles. The largest absolute Gasteiger partial charge is 0.494 e. The average molecular weight is 537 g/mol. The number of methoxy groups -OCH3 is 2.